The first kappa shape index (κ1) is 13.2. The van der Waals surface area contributed by atoms with Crippen LogP contribution in [0.1, 0.15) is 0 Å². The van der Waals surface area contributed by atoms with E-state index in [4.69, 9.17) is 10.5 Å². The van der Waals surface area contributed by atoms with Crippen LogP contribution in [0.3, 0.4) is 0 Å². The number of pyridine rings is 1. The first-order valence-corrected chi connectivity index (χ1v) is 6.79. The monoisotopic (exact) mass is 278 g/mol. The number of rotatable bonds is 4. The minimum Gasteiger partial charge on any atom is -0.497 e. The van der Waals surface area contributed by atoms with E-state index in [0.717, 1.165) is 0 Å². The van der Waals surface area contributed by atoms with Crippen LogP contribution in [0, 0.1) is 6.07 Å². The number of hydrogen-bond acceptors (Lipinski definition) is 5. The number of nitrogens with zero attached hydrogens (tertiary/aromatic N) is 1. The second-order valence-corrected chi connectivity index (χ2v) is 5.32. The summed E-state index contributed by atoms with van der Waals surface area (Å²) in [6, 6.07) is 10.1. The molecule has 7 heteroatoms. The Balaban J connectivity index is 2.32. The highest BCUT2D eigenvalue weighted by atomic mass is 32.2. The van der Waals surface area contributed by atoms with Crippen LogP contribution in [0.4, 0.5) is 11.5 Å². The molecule has 2 aromatic rings. The molecule has 19 heavy (non-hydrogen) atoms. The molecule has 1 radical (unpaired) electrons. The molecule has 0 saturated carbocycles. The summed E-state index contributed by atoms with van der Waals surface area (Å²) in [6.45, 7) is 0. The van der Waals surface area contributed by atoms with Gasteiger partial charge >= 0.3 is 0 Å². The van der Waals surface area contributed by atoms with Crippen LogP contribution >= 0.6 is 0 Å². The van der Waals surface area contributed by atoms with E-state index >= 15 is 0 Å². The van der Waals surface area contributed by atoms with Crippen molar-refractivity contribution in [3.05, 3.63) is 42.6 Å². The summed E-state index contributed by atoms with van der Waals surface area (Å²) < 4.78 is 31.6. The summed E-state index contributed by atoms with van der Waals surface area (Å²) in [7, 11) is -2.27. The molecular formula is C12H12N3O3S. The fraction of sp³-hybridized carbons (Fsp3) is 0.0833. The van der Waals surface area contributed by atoms with E-state index in [0.29, 0.717) is 11.4 Å². The van der Waals surface area contributed by atoms with Crippen LogP contribution < -0.4 is 15.2 Å². The van der Waals surface area contributed by atoms with E-state index in [1.165, 1.54) is 37.6 Å². The van der Waals surface area contributed by atoms with Gasteiger partial charge in [-0.2, -0.15) is 0 Å². The maximum atomic E-state index is 12.1. The Labute approximate surface area is 111 Å². The molecular weight excluding hydrogens is 266 g/mol. The molecule has 0 unspecified atom stereocenters. The van der Waals surface area contributed by atoms with Crippen molar-refractivity contribution in [2.24, 2.45) is 0 Å². The van der Waals surface area contributed by atoms with Crippen molar-refractivity contribution in [3.8, 4) is 5.75 Å². The molecule has 6 nitrogen and oxygen atoms in total. The number of benzene rings is 1. The summed E-state index contributed by atoms with van der Waals surface area (Å²) in [6.07, 6.45) is 1.42. The highest BCUT2D eigenvalue weighted by molar-refractivity contribution is 7.92. The standard InChI is InChI=1S/C12H12N3O3S/c1-18-10-3-2-4-11(8-10)19(16,17)15-9-5-6-14-12(13)7-9/h2-3,5-8H,1H3,(H3,13,14,15). The predicted molar refractivity (Wildman–Crippen MR) is 71.3 cm³/mol. The smallest absolute Gasteiger partial charge is 0.262 e. The Morgan fingerprint density at radius 1 is 1.37 bits per heavy atom. The number of methoxy groups -OCH3 is 1. The summed E-state index contributed by atoms with van der Waals surface area (Å²) in [5.41, 5.74) is 5.82. The molecule has 0 bridgehead atoms. The zero-order chi connectivity index (χ0) is 13.9. The van der Waals surface area contributed by atoms with Crippen molar-refractivity contribution < 1.29 is 13.2 Å². The number of nitrogens with two attached hydrogens (primary N) is 1. The molecule has 0 fully saturated rings. The predicted octanol–water partition coefficient (Wildman–Crippen LogP) is 1.27. The van der Waals surface area contributed by atoms with Crippen LogP contribution in [-0.2, 0) is 10.0 Å². The van der Waals surface area contributed by atoms with Crippen LogP contribution in [0.5, 0.6) is 5.75 Å². The Kier molecular flexibility index (Phi) is 3.57. The van der Waals surface area contributed by atoms with Gasteiger partial charge in [-0.05, 0) is 18.2 Å². The normalized spacial score (nSPS) is 11.0. The Hall–Kier alpha value is -2.28. The van der Waals surface area contributed by atoms with Crippen molar-refractivity contribution in [3.63, 3.8) is 0 Å². The van der Waals surface area contributed by atoms with Crippen LogP contribution in [-0.4, -0.2) is 20.5 Å². The third-order valence-corrected chi connectivity index (χ3v) is 3.62. The second-order valence-electron chi connectivity index (χ2n) is 3.67. The molecule has 99 valence electrons. The molecule has 3 N–H and O–H groups in total. The SMILES string of the molecule is COc1cc[c]c(S(=O)(=O)Nc2ccnc(N)c2)c1. The van der Waals surface area contributed by atoms with Gasteiger partial charge in [0.05, 0.1) is 17.7 Å². The lowest BCUT2D eigenvalue weighted by atomic mass is 10.3. The van der Waals surface area contributed by atoms with Gasteiger partial charge in [-0.1, -0.05) is 0 Å². The van der Waals surface area contributed by atoms with Crippen molar-refractivity contribution >= 4 is 21.5 Å². The van der Waals surface area contributed by atoms with E-state index in [1.807, 2.05) is 0 Å². The van der Waals surface area contributed by atoms with E-state index in [9.17, 15) is 8.42 Å². The van der Waals surface area contributed by atoms with Crippen molar-refractivity contribution in [1.29, 1.82) is 0 Å². The van der Waals surface area contributed by atoms with Crippen LogP contribution in [0.2, 0.25) is 0 Å². The van der Waals surface area contributed by atoms with Crippen molar-refractivity contribution in [2.75, 3.05) is 17.6 Å². The van der Waals surface area contributed by atoms with E-state index in [2.05, 4.69) is 15.8 Å². The average molecular weight is 278 g/mol. The van der Waals surface area contributed by atoms with Gasteiger partial charge in [0.15, 0.2) is 0 Å². The van der Waals surface area contributed by atoms with E-state index < -0.39 is 10.0 Å². The topological polar surface area (TPSA) is 94.3 Å². The van der Waals surface area contributed by atoms with Crippen molar-refractivity contribution in [1.82, 2.24) is 4.98 Å². The lowest BCUT2D eigenvalue weighted by Gasteiger charge is -2.09. The van der Waals surface area contributed by atoms with Gasteiger partial charge in [0.2, 0.25) is 0 Å². The summed E-state index contributed by atoms with van der Waals surface area (Å²) >= 11 is 0. The molecule has 0 saturated heterocycles. The minimum absolute atomic E-state index is 0.0118. The second kappa shape index (κ2) is 5.15. The Bertz CT molecular complexity index is 686. The largest absolute Gasteiger partial charge is 0.497 e. The van der Waals surface area contributed by atoms with Crippen LogP contribution in [0.25, 0.3) is 0 Å². The highest BCUT2D eigenvalue weighted by Crippen LogP contribution is 2.20. The number of sulfonamides is 1. The molecule has 2 rings (SSSR count). The average Bonchev–Trinajstić information content (AvgIpc) is 2.38. The van der Waals surface area contributed by atoms with Gasteiger partial charge in [0.1, 0.15) is 11.6 Å². The highest BCUT2D eigenvalue weighted by Gasteiger charge is 2.15. The fourth-order valence-electron chi connectivity index (χ4n) is 1.43. The molecule has 1 heterocycles. The molecule has 0 aliphatic carbocycles. The molecule has 1 aromatic carbocycles. The van der Waals surface area contributed by atoms with Gasteiger partial charge in [0.25, 0.3) is 10.0 Å². The maximum Gasteiger partial charge on any atom is 0.262 e. The third kappa shape index (κ3) is 3.14. The molecule has 0 spiro atoms. The summed E-state index contributed by atoms with van der Waals surface area (Å²) in [4.78, 5) is 3.77. The summed E-state index contributed by atoms with van der Waals surface area (Å²) in [5.74, 6) is 0.670. The Morgan fingerprint density at radius 2 is 2.16 bits per heavy atom. The fourth-order valence-corrected chi connectivity index (χ4v) is 2.47. The first-order valence-electron chi connectivity index (χ1n) is 5.31. The summed E-state index contributed by atoms with van der Waals surface area (Å²) in [5, 5.41) is 0. The van der Waals surface area contributed by atoms with E-state index in [1.54, 1.807) is 6.07 Å². The number of aromatic nitrogens is 1. The van der Waals surface area contributed by atoms with Gasteiger partial charge in [-0.15, -0.1) is 0 Å². The first-order chi connectivity index (χ1) is 9.01. The lowest BCUT2D eigenvalue weighted by molar-refractivity contribution is 0.413. The third-order valence-electron chi connectivity index (χ3n) is 2.31. The molecule has 0 amide bonds. The molecule has 0 atom stereocenters. The number of hydrogen-bond donors (Lipinski definition) is 2. The zero-order valence-corrected chi connectivity index (χ0v) is 10.9. The van der Waals surface area contributed by atoms with E-state index in [-0.39, 0.29) is 10.7 Å². The molecule has 0 aliphatic heterocycles. The number of ether oxygens (including phenoxy) is 1. The minimum atomic E-state index is -3.73. The number of nitrogens with one attached hydrogen (secondary N) is 1. The molecule has 1 aromatic heterocycles. The maximum absolute atomic E-state index is 12.1. The van der Waals surface area contributed by atoms with Gasteiger partial charge in [-0.25, -0.2) is 13.4 Å². The Morgan fingerprint density at radius 3 is 2.84 bits per heavy atom. The zero-order valence-electron chi connectivity index (χ0n) is 10.1. The van der Waals surface area contributed by atoms with Gasteiger partial charge < -0.3 is 10.5 Å². The number of nitrogen functional groups attached to an aromatic ring is 1. The van der Waals surface area contributed by atoms with Crippen LogP contribution in [0.15, 0.2) is 41.4 Å². The van der Waals surface area contributed by atoms with Gasteiger partial charge in [-0.3, -0.25) is 4.72 Å². The van der Waals surface area contributed by atoms with Gasteiger partial charge in [0, 0.05) is 24.4 Å². The lowest BCUT2D eigenvalue weighted by Crippen LogP contribution is -2.13. The van der Waals surface area contributed by atoms with Crippen molar-refractivity contribution in [2.45, 2.75) is 4.90 Å². The molecule has 0 aliphatic rings. The quantitative estimate of drug-likeness (QED) is 0.878. The number of anilines is 2.